The standard InChI is InChI=1S/C23H23F3N6O2S.C22H21F3N6O2S/c1-32(6-5-23(24,25)26)22(33)12-3-4-14-17(8-12)35-21-18(14)19(28-11-29-21)30-15-7-13-9-27-10-16(13)31-20(15)34-2;1-31(5-4-22(23,24)25)21(33)11-2-3-13-16(7-11)34-20-17(13)18(27-10-28-20)29-14-6-12-8-26-9-15(12)30-19(14)32/h7,9,11-12H,3-6,8,10H2,1-2H3,(H,28,29,30);6,8,10-11H,2-5,7,9H2,1H3,(H,30,32)(H,27,28,29)/t12-;11-/m00/s1. The molecule has 6 aromatic rings. The van der Waals surface area contributed by atoms with Crippen molar-refractivity contribution in [2.45, 2.75) is 76.8 Å². The summed E-state index contributed by atoms with van der Waals surface area (Å²) in [5.41, 5.74) is 6.22. The van der Waals surface area contributed by atoms with Crippen LogP contribution in [0.3, 0.4) is 0 Å². The third kappa shape index (κ3) is 10.3. The Morgan fingerprint density at radius 2 is 1.26 bits per heavy atom. The van der Waals surface area contributed by atoms with E-state index in [9.17, 15) is 40.7 Å². The Balaban J connectivity index is 0.000000172. The Morgan fingerprint density at radius 3 is 1.80 bits per heavy atom. The first-order valence-electron chi connectivity index (χ1n) is 21.9. The topological polar surface area (TPSA) is 196 Å². The number of amides is 2. The molecule has 0 unspecified atom stereocenters. The van der Waals surface area contributed by atoms with Gasteiger partial charge in [0.1, 0.15) is 45.3 Å². The fraction of sp³-hybridized carbons (Fsp3) is 0.422. The highest BCUT2D eigenvalue weighted by Crippen LogP contribution is 2.43. The van der Waals surface area contributed by atoms with Gasteiger partial charge in [0.2, 0.25) is 17.7 Å². The molecule has 0 aromatic carbocycles. The van der Waals surface area contributed by atoms with Gasteiger partial charge in [0, 0.05) is 78.0 Å². The lowest BCUT2D eigenvalue weighted by molar-refractivity contribution is -0.147. The van der Waals surface area contributed by atoms with E-state index in [2.05, 4.69) is 50.5 Å². The highest BCUT2D eigenvalue weighted by molar-refractivity contribution is 7.19. The minimum atomic E-state index is -4.30. The van der Waals surface area contributed by atoms with Crippen molar-refractivity contribution in [3.05, 3.63) is 78.5 Å². The van der Waals surface area contributed by atoms with Crippen LogP contribution in [0.15, 0.2) is 39.6 Å². The number of aliphatic imine (C=N–C) groups is 2. The zero-order chi connectivity index (χ0) is 48.8. The molecule has 0 radical (unpaired) electrons. The first kappa shape index (κ1) is 47.5. The van der Waals surface area contributed by atoms with Crippen LogP contribution < -0.4 is 20.9 Å². The first-order valence-corrected chi connectivity index (χ1v) is 23.6. The third-order valence-electron chi connectivity index (χ3n) is 12.5. The van der Waals surface area contributed by atoms with E-state index in [1.54, 1.807) is 25.6 Å². The number of fused-ring (bicyclic) bond motifs is 8. The van der Waals surface area contributed by atoms with Crippen molar-refractivity contribution in [3.63, 3.8) is 0 Å². The number of aromatic nitrogens is 6. The van der Waals surface area contributed by atoms with Crippen LogP contribution in [0.4, 0.5) is 49.4 Å². The molecule has 0 spiro atoms. The van der Waals surface area contributed by atoms with Gasteiger partial charge < -0.3 is 30.2 Å². The van der Waals surface area contributed by atoms with Crippen LogP contribution in [0.2, 0.25) is 0 Å². The Morgan fingerprint density at radius 1 is 0.754 bits per heavy atom. The Bertz CT molecular complexity index is 3090. The molecule has 362 valence electrons. The number of pyridine rings is 2. The van der Waals surface area contributed by atoms with Crippen molar-refractivity contribution in [2.75, 3.05) is 44.9 Å². The lowest BCUT2D eigenvalue weighted by Crippen LogP contribution is -2.37. The van der Waals surface area contributed by atoms with Crippen LogP contribution in [0, 0.1) is 11.8 Å². The number of anilines is 4. The van der Waals surface area contributed by atoms with Crippen LogP contribution in [-0.4, -0.2) is 111 Å². The molecule has 24 heteroatoms. The van der Waals surface area contributed by atoms with Gasteiger partial charge in [-0.1, -0.05) is 0 Å². The van der Waals surface area contributed by atoms with Crippen LogP contribution in [0.25, 0.3) is 20.4 Å². The molecular formula is C45H44F6N12O4S2. The summed E-state index contributed by atoms with van der Waals surface area (Å²) in [4.78, 5) is 77.4. The number of carbonyl (C=O) groups excluding carboxylic acids is 2. The number of methoxy groups -OCH3 is 1. The second-order valence-electron chi connectivity index (χ2n) is 17.2. The number of nitrogens with one attached hydrogen (secondary N) is 3. The Hall–Kier alpha value is -6.56. The summed E-state index contributed by atoms with van der Waals surface area (Å²) in [5, 5.41) is 8.17. The van der Waals surface area contributed by atoms with Gasteiger partial charge in [-0.05, 0) is 61.8 Å². The number of aryl methyl sites for hydroxylation is 2. The molecule has 2 aliphatic heterocycles. The van der Waals surface area contributed by atoms with Crippen molar-refractivity contribution < 1.29 is 40.7 Å². The SMILES string of the molecule is CN(CCC(F)(F)F)C(=O)[C@H]1CCc2c(sc3ncnc(Nc4cc5c([nH]c4=O)CN=C5)c23)C1.COc1nc2c(cc1Nc1ncnc3sc4c(c13)CC[C@H](C(=O)N(C)CCC(F)(F)F)C4)C=NC2. The van der Waals surface area contributed by atoms with Crippen LogP contribution in [-0.2, 0) is 48.4 Å². The number of hydrogen-bond donors (Lipinski definition) is 3. The molecule has 3 N–H and O–H groups in total. The summed E-state index contributed by atoms with van der Waals surface area (Å²) >= 11 is 2.95. The number of carbonyl (C=O) groups is 2. The number of hydrogen-bond acceptors (Lipinski definition) is 15. The summed E-state index contributed by atoms with van der Waals surface area (Å²) in [7, 11) is 4.41. The second-order valence-corrected chi connectivity index (χ2v) is 19.3. The molecule has 6 aromatic heterocycles. The van der Waals surface area contributed by atoms with Gasteiger partial charge in [-0.25, -0.2) is 24.9 Å². The molecule has 0 fully saturated rings. The molecule has 2 atom stereocenters. The third-order valence-corrected chi connectivity index (χ3v) is 14.8. The smallest absolute Gasteiger partial charge is 0.390 e. The zero-order valence-corrected chi connectivity index (χ0v) is 39.0. The second kappa shape index (κ2) is 19.1. The van der Waals surface area contributed by atoms with Gasteiger partial charge in [0.15, 0.2) is 0 Å². The monoisotopic (exact) mass is 994 g/mol. The van der Waals surface area contributed by atoms with Gasteiger partial charge in [-0.15, -0.1) is 22.7 Å². The summed E-state index contributed by atoms with van der Waals surface area (Å²) < 4.78 is 80.8. The summed E-state index contributed by atoms with van der Waals surface area (Å²) in [6.45, 7) is 0.287. The van der Waals surface area contributed by atoms with Crippen molar-refractivity contribution >= 4 is 90.4 Å². The van der Waals surface area contributed by atoms with Crippen LogP contribution >= 0.6 is 22.7 Å². The molecule has 4 aliphatic rings. The lowest BCUT2D eigenvalue weighted by Gasteiger charge is -2.27. The Labute approximate surface area is 397 Å². The number of nitrogens with zero attached hydrogens (tertiary/aromatic N) is 9. The van der Waals surface area contributed by atoms with E-state index in [0.29, 0.717) is 80.5 Å². The normalized spacial score (nSPS) is 16.9. The van der Waals surface area contributed by atoms with E-state index >= 15 is 0 Å². The predicted molar refractivity (Wildman–Crippen MR) is 249 cm³/mol. The molecule has 16 nitrogen and oxygen atoms in total. The number of H-pyrrole nitrogens is 1. The van der Waals surface area contributed by atoms with Crippen LogP contribution in [0.5, 0.6) is 5.88 Å². The van der Waals surface area contributed by atoms with Crippen molar-refractivity contribution in [1.82, 2.24) is 39.7 Å². The fourth-order valence-corrected chi connectivity index (χ4v) is 11.5. The molecule has 2 amide bonds. The highest BCUT2D eigenvalue weighted by atomic mass is 32.1. The molecule has 8 heterocycles. The van der Waals surface area contributed by atoms with Gasteiger partial charge in [-0.3, -0.25) is 24.4 Å². The van der Waals surface area contributed by atoms with Gasteiger partial charge in [0.25, 0.3) is 5.56 Å². The predicted octanol–water partition coefficient (Wildman–Crippen LogP) is 7.86. The van der Waals surface area contributed by atoms with E-state index in [0.717, 1.165) is 63.8 Å². The highest BCUT2D eigenvalue weighted by Gasteiger charge is 2.35. The Kier molecular flexibility index (Phi) is 13.1. The molecule has 0 saturated heterocycles. The van der Waals surface area contributed by atoms with Crippen molar-refractivity contribution in [2.24, 2.45) is 21.8 Å². The summed E-state index contributed by atoms with van der Waals surface area (Å²) in [5.74, 6) is 0.322. The number of halogens is 6. The van der Waals surface area contributed by atoms with E-state index < -0.39 is 25.2 Å². The lowest BCUT2D eigenvalue weighted by atomic mass is 9.87. The molecule has 0 bridgehead atoms. The molecule has 69 heavy (non-hydrogen) atoms. The average molecular weight is 995 g/mol. The van der Waals surface area contributed by atoms with Crippen molar-refractivity contribution in [1.29, 1.82) is 0 Å². The van der Waals surface area contributed by atoms with E-state index in [1.807, 2.05) is 6.07 Å². The van der Waals surface area contributed by atoms with Gasteiger partial charge in [-0.2, -0.15) is 26.3 Å². The molecular weight excluding hydrogens is 951 g/mol. The first-order chi connectivity index (χ1) is 32.9. The van der Waals surface area contributed by atoms with Crippen LogP contribution in [0.1, 0.15) is 69.1 Å². The fourth-order valence-electron chi connectivity index (χ4n) is 8.94. The maximum Gasteiger partial charge on any atom is 0.390 e. The zero-order valence-electron chi connectivity index (χ0n) is 37.3. The van der Waals surface area contributed by atoms with Gasteiger partial charge in [0.05, 0.1) is 49.5 Å². The number of aromatic amines is 1. The quantitative estimate of drug-likeness (QED) is 0.107. The summed E-state index contributed by atoms with van der Waals surface area (Å²) in [6.07, 6.45) is -1.02. The minimum absolute atomic E-state index is 0.252. The maximum absolute atomic E-state index is 12.8. The number of thiophene rings is 2. The van der Waals surface area contributed by atoms with E-state index in [1.165, 1.54) is 59.2 Å². The maximum atomic E-state index is 12.8. The number of ether oxygens (including phenoxy) is 1. The number of rotatable bonds is 11. The largest absolute Gasteiger partial charge is 0.480 e. The number of alkyl halides is 6. The van der Waals surface area contributed by atoms with E-state index in [4.69, 9.17) is 4.74 Å². The van der Waals surface area contributed by atoms with Crippen molar-refractivity contribution in [3.8, 4) is 5.88 Å². The van der Waals surface area contributed by atoms with Gasteiger partial charge >= 0.3 is 12.4 Å². The summed E-state index contributed by atoms with van der Waals surface area (Å²) in [6, 6.07) is 3.67. The molecule has 0 saturated carbocycles. The van der Waals surface area contributed by atoms with E-state index in [-0.39, 0.29) is 42.3 Å². The average Bonchev–Trinajstić information content (AvgIpc) is 4.13. The minimum Gasteiger partial charge on any atom is -0.480 e. The molecule has 10 rings (SSSR count). The molecule has 2 aliphatic carbocycles.